The Morgan fingerprint density at radius 2 is 0.828 bits per heavy atom. The van der Waals surface area contributed by atoms with E-state index in [1.807, 2.05) is 0 Å². The van der Waals surface area contributed by atoms with Gasteiger partial charge in [-0.1, -0.05) is 239 Å². The quantitative estimate of drug-likeness (QED) is 0.148. The second kappa shape index (κ2) is 19.9. The smallest absolute Gasteiger partial charge is 0.252 e. The lowest BCUT2D eigenvalue weighted by Gasteiger charge is -2.37. The molecule has 0 radical (unpaired) electrons. The van der Waals surface area contributed by atoms with E-state index in [9.17, 15) is 0 Å². The van der Waals surface area contributed by atoms with Crippen LogP contribution in [0.2, 0.25) is 0 Å². The van der Waals surface area contributed by atoms with E-state index in [1.54, 1.807) is 0 Å². The van der Waals surface area contributed by atoms with Crippen LogP contribution in [-0.4, -0.2) is 20.4 Å². The first kappa shape index (κ1) is 58.8. The number of rotatable bonds is 7. The minimum absolute atomic E-state index is 0.0229. The van der Waals surface area contributed by atoms with Crippen LogP contribution in [0.5, 0.6) is 0 Å². The highest BCUT2D eigenvalue weighted by molar-refractivity contribution is 7.00. The van der Waals surface area contributed by atoms with Crippen LogP contribution in [0.4, 0.5) is 34.1 Å². The Bertz CT molecular complexity index is 5090. The summed E-state index contributed by atoms with van der Waals surface area (Å²) >= 11 is 0. The van der Waals surface area contributed by atoms with E-state index in [4.69, 9.17) is 0 Å². The molecular formula is C87H86BN5. The number of anilines is 6. The Balaban J connectivity index is 1.11. The lowest BCUT2D eigenvalue weighted by molar-refractivity contribution is 0.590. The van der Waals surface area contributed by atoms with Crippen LogP contribution in [0, 0.1) is 0 Å². The molecule has 0 saturated carbocycles. The first-order chi connectivity index (χ1) is 44.1. The number of hydrogen-bond acceptors (Lipinski definition) is 2. The van der Waals surface area contributed by atoms with Crippen molar-refractivity contribution in [1.29, 1.82) is 0 Å². The minimum atomic E-state index is -0.273. The molecule has 10 aromatic carbocycles. The molecule has 462 valence electrons. The molecule has 16 rings (SSSR count). The summed E-state index contributed by atoms with van der Waals surface area (Å²) in [6.45, 7) is 39.8. The molecule has 2 aliphatic heterocycles. The summed E-state index contributed by atoms with van der Waals surface area (Å²) in [6.07, 6.45) is 0. The molecule has 5 nitrogen and oxygen atoms in total. The maximum Gasteiger partial charge on any atom is 0.252 e. The third kappa shape index (κ3) is 8.79. The van der Waals surface area contributed by atoms with E-state index in [1.165, 1.54) is 122 Å². The summed E-state index contributed by atoms with van der Waals surface area (Å²) < 4.78 is 8.07. The molecule has 0 fully saturated rings. The first-order valence-corrected chi connectivity index (χ1v) is 33.8. The number of nitrogens with zero attached hydrogens (tertiary/aromatic N) is 5. The van der Waals surface area contributed by atoms with Crippen LogP contribution in [0.3, 0.4) is 0 Å². The van der Waals surface area contributed by atoms with Gasteiger partial charge in [0.1, 0.15) is 0 Å². The van der Waals surface area contributed by atoms with Crippen molar-refractivity contribution in [2.24, 2.45) is 0 Å². The van der Waals surface area contributed by atoms with Gasteiger partial charge in [0, 0.05) is 72.5 Å². The molecule has 13 aromatic rings. The summed E-state index contributed by atoms with van der Waals surface area (Å²) in [5.74, 6) is 0. The normalized spacial score (nSPS) is 14.1. The van der Waals surface area contributed by atoms with E-state index >= 15 is 0 Å². The van der Waals surface area contributed by atoms with E-state index in [-0.39, 0.29) is 39.2 Å². The van der Waals surface area contributed by atoms with Crippen molar-refractivity contribution in [2.45, 2.75) is 150 Å². The number of benzene rings is 10. The van der Waals surface area contributed by atoms with Crippen molar-refractivity contribution in [3.05, 3.63) is 251 Å². The maximum absolute atomic E-state index is 2.75. The number of para-hydroxylation sites is 2. The molecule has 1 aliphatic carbocycles. The van der Waals surface area contributed by atoms with Crippen molar-refractivity contribution >= 4 is 101 Å². The van der Waals surface area contributed by atoms with Crippen LogP contribution in [0.1, 0.15) is 157 Å². The van der Waals surface area contributed by atoms with Gasteiger partial charge in [-0.2, -0.15) is 0 Å². The fraction of sp³-hybridized carbons (Fsp3) is 0.264. The molecule has 3 aromatic heterocycles. The molecule has 0 saturated heterocycles. The Labute approximate surface area is 551 Å². The van der Waals surface area contributed by atoms with Crippen molar-refractivity contribution in [3.8, 4) is 28.3 Å². The van der Waals surface area contributed by atoms with Crippen molar-refractivity contribution < 1.29 is 0 Å². The molecule has 5 heterocycles. The molecule has 6 heteroatoms. The molecule has 0 unspecified atom stereocenters. The lowest BCUT2D eigenvalue weighted by Crippen LogP contribution is -2.59. The predicted molar refractivity (Wildman–Crippen MR) is 400 cm³/mol. The molecule has 93 heavy (non-hydrogen) atoms. The molecule has 0 amide bonds. The molecule has 0 bridgehead atoms. The third-order valence-corrected chi connectivity index (χ3v) is 21.2. The van der Waals surface area contributed by atoms with Gasteiger partial charge in [-0.3, -0.25) is 0 Å². The molecule has 0 N–H and O–H groups in total. The average Bonchev–Trinajstić information content (AvgIpc) is 1.52. The van der Waals surface area contributed by atoms with Crippen molar-refractivity contribution in [2.75, 3.05) is 9.80 Å². The van der Waals surface area contributed by atoms with Gasteiger partial charge in [-0.25, -0.2) is 0 Å². The molecule has 3 aliphatic rings. The lowest BCUT2D eigenvalue weighted by atomic mass is 9.34. The Morgan fingerprint density at radius 1 is 0.355 bits per heavy atom. The zero-order chi connectivity index (χ0) is 65.0. The zero-order valence-electron chi connectivity index (χ0n) is 57.5. The van der Waals surface area contributed by atoms with Gasteiger partial charge >= 0.3 is 0 Å². The van der Waals surface area contributed by atoms with Crippen LogP contribution >= 0.6 is 0 Å². The summed E-state index contributed by atoms with van der Waals surface area (Å²) in [6, 6.07) is 82.6. The Hall–Kier alpha value is -9.26. The largest absolute Gasteiger partial charge is 0.310 e. The van der Waals surface area contributed by atoms with Crippen molar-refractivity contribution in [1.82, 2.24) is 13.7 Å². The van der Waals surface area contributed by atoms with Crippen LogP contribution in [0.25, 0.3) is 72.1 Å². The maximum atomic E-state index is 2.75. The van der Waals surface area contributed by atoms with E-state index in [0.29, 0.717) is 0 Å². The number of hydrogen-bond donors (Lipinski definition) is 0. The van der Waals surface area contributed by atoms with E-state index in [2.05, 4.69) is 354 Å². The van der Waals surface area contributed by atoms with Gasteiger partial charge in [0.25, 0.3) is 6.71 Å². The topological polar surface area (TPSA) is 21.3 Å². The van der Waals surface area contributed by atoms with Crippen LogP contribution in [-0.2, 0) is 32.5 Å². The van der Waals surface area contributed by atoms with Gasteiger partial charge in [0.15, 0.2) is 0 Å². The van der Waals surface area contributed by atoms with E-state index < -0.39 is 0 Å². The second-order valence-electron chi connectivity index (χ2n) is 32.7. The Kier molecular flexibility index (Phi) is 12.6. The highest BCUT2D eigenvalue weighted by Gasteiger charge is 2.48. The molecule has 0 atom stereocenters. The van der Waals surface area contributed by atoms with Gasteiger partial charge in [-0.05, 0) is 173 Å². The fourth-order valence-electron chi connectivity index (χ4n) is 16.2. The standard InChI is InChI=1S/C87H86BN5/c1-82(2,3)53-31-39-59(40-32-53)89(60-41-33-54(34-42-60)83(4,5)6)63-51-72-76-73(52-63)93-79-65-28-22-24-30-70(65)91(58-25-19-18-20-26-58)81(79)74-71(90(61-43-35-55(36-44-61)84(7,8)9)62-45-37-56(38-46-62)85(10,11)12)48-47-68(80(74)93)88(76)69-50-57(86(13,14)15)49-66-75-78(92(72)77(66)69)64-27-21-23-29-67(64)87(75,16)17/h18-52H,1-17H3. The number of fused-ring (bicyclic) bond motifs is 14. The summed E-state index contributed by atoms with van der Waals surface area (Å²) in [5.41, 5.74) is 31.8. The zero-order valence-corrected chi connectivity index (χ0v) is 57.5. The molecule has 0 spiro atoms. The SMILES string of the molecule is CC(C)(C)c1ccc(N(c2ccc(C(C)(C)C)cc2)c2cc3c4c(c2)-n2c5c(ccc(N(c6ccc(C(C)(C)C)cc6)c6ccc(C(C)(C)C)cc6)c5c5c2c2ccccc2n5-c2ccccc2)B4c2cc(C(C)(C)C)cc4c5c(n-3c24)-c2ccccc2C5(C)C)cc1. The molecular weight excluding hydrogens is 1130 g/mol. The van der Waals surface area contributed by atoms with Gasteiger partial charge in [-0.15, -0.1) is 0 Å². The second-order valence-corrected chi connectivity index (χ2v) is 32.7. The predicted octanol–water partition coefficient (Wildman–Crippen LogP) is 21.5. The Morgan fingerprint density at radius 3 is 1.35 bits per heavy atom. The van der Waals surface area contributed by atoms with Gasteiger partial charge in [0.2, 0.25) is 0 Å². The first-order valence-electron chi connectivity index (χ1n) is 33.8. The highest BCUT2D eigenvalue weighted by Crippen LogP contribution is 2.56. The summed E-state index contributed by atoms with van der Waals surface area (Å²) in [5, 5.41) is 3.77. The van der Waals surface area contributed by atoms with Gasteiger partial charge in [0.05, 0.1) is 39.1 Å². The van der Waals surface area contributed by atoms with Crippen LogP contribution < -0.4 is 26.2 Å². The third-order valence-electron chi connectivity index (χ3n) is 21.2. The summed E-state index contributed by atoms with van der Waals surface area (Å²) in [4.78, 5) is 5.11. The van der Waals surface area contributed by atoms with E-state index in [0.717, 1.165) is 39.8 Å². The average molecular weight is 1210 g/mol. The summed E-state index contributed by atoms with van der Waals surface area (Å²) in [7, 11) is 0. The minimum Gasteiger partial charge on any atom is -0.310 e. The van der Waals surface area contributed by atoms with Gasteiger partial charge < -0.3 is 23.5 Å². The highest BCUT2D eigenvalue weighted by atomic mass is 15.2. The van der Waals surface area contributed by atoms with Crippen LogP contribution in [0.15, 0.2) is 212 Å². The fourth-order valence-corrected chi connectivity index (χ4v) is 16.2. The van der Waals surface area contributed by atoms with Crippen molar-refractivity contribution in [3.63, 3.8) is 0 Å². The monoisotopic (exact) mass is 1210 g/mol. The number of aromatic nitrogens is 3.